The Morgan fingerprint density at radius 3 is 0.948 bits per heavy atom. The van der Waals surface area contributed by atoms with E-state index < -0.39 is 7.94 Å². The Kier molecular flexibility index (Phi) is 11.3. The van der Waals surface area contributed by atoms with Gasteiger partial charge in [-0.2, -0.15) is 14.7 Å². The van der Waals surface area contributed by atoms with Crippen LogP contribution in [0.2, 0.25) is 0 Å². The average molecular weight is 804 g/mol. The van der Waals surface area contributed by atoms with E-state index in [2.05, 4.69) is 194 Å². The standard InChI is InChI=1S/C54H76O3P/c1-48(2,3)34-24-32-26-41(51(10,11)12)38(30-36(32)43(28-34)53(16,17)18)46-40(50(7,8)9)22-23-45(58(55,56)57)47(46)39-31-37-33(27-42(39)52(13,14)15)25-35(49(4,5)6)29-44(37)54(19,20)21/h22-31,55-57H,1-21H3/q+1. The third-order valence-corrected chi connectivity index (χ3v) is 13.0. The Labute approximate surface area is 353 Å². The first kappa shape index (κ1) is 46.0. The van der Waals surface area contributed by atoms with Gasteiger partial charge in [0.05, 0.1) is 0 Å². The topological polar surface area (TPSA) is 60.7 Å². The molecule has 0 saturated heterocycles. The molecule has 0 amide bonds. The molecule has 4 heteroatoms. The molecule has 5 aromatic rings. The van der Waals surface area contributed by atoms with Gasteiger partial charge in [-0.1, -0.05) is 176 Å². The lowest BCUT2D eigenvalue weighted by Crippen LogP contribution is -2.24. The van der Waals surface area contributed by atoms with Gasteiger partial charge >= 0.3 is 7.94 Å². The summed E-state index contributed by atoms with van der Waals surface area (Å²) in [5, 5.41) is 4.89. The van der Waals surface area contributed by atoms with Gasteiger partial charge in [-0.05, 0) is 145 Å². The maximum absolute atomic E-state index is 11.6. The summed E-state index contributed by atoms with van der Waals surface area (Å²) >= 11 is 0. The molecule has 58 heavy (non-hydrogen) atoms. The van der Waals surface area contributed by atoms with Crippen LogP contribution >= 0.6 is 7.94 Å². The summed E-state index contributed by atoms with van der Waals surface area (Å²) < 4.78 is 0. The van der Waals surface area contributed by atoms with Crippen molar-refractivity contribution < 1.29 is 14.7 Å². The Morgan fingerprint density at radius 1 is 0.328 bits per heavy atom. The van der Waals surface area contributed by atoms with Crippen molar-refractivity contribution >= 4 is 34.8 Å². The van der Waals surface area contributed by atoms with Crippen LogP contribution in [0.5, 0.6) is 0 Å². The van der Waals surface area contributed by atoms with Crippen LogP contribution in [0.4, 0.5) is 0 Å². The van der Waals surface area contributed by atoms with Gasteiger partial charge in [-0.3, -0.25) is 0 Å². The molecule has 3 N–H and O–H groups in total. The van der Waals surface area contributed by atoms with E-state index >= 15 is 0 Å². The molecule has 0 heterocycles. The van der Waals surface area contributed by atoms with E-state index in [0.717, 1.165) is 33.2 Å². The summed E-state index contributed by atoms with van der Waals surface area (Å²) in [6.45, 7) is 47.6. The number of benzene rings is 5. The minimum atomic E-state index is -4.56. The second-order valence-corrected chi connectivity index (χ2v) is 26.1. The second-order valence-electron chi connectivity index (χ2n) is 24.5. The summed E-state index contributed by atoms with van der Waals surface area (Å²) in [5.74, 6) is 0. The summed E-state index contributed by atoms with van der Waals surface area (Å²) in [6, 6.07) is 22.7. The lowest BCUT2D eigenvalue weighted by molar-refractivity contribution is 0.347. The van der Waals surface area contributed by atoms with Crippen molar-refractivity contribution in [1.82, 2.24) is 0 Å². The normalized spacial score (nSPS) is 14.2. The van der Waals surface area contributed by atoms with Gasteiger partial charge in [0, 0.05) is 5.56 Å². The summed E-state index contributed by atoms with van der Waals surface area (Å²) in [4.78, 5) is 34.8. The van der Waals surface area contributed by atoms with Crippen LogP contribution in [0.1, 0.15) is 184 Å². The van der Waals surface area contributed by atoms with Gasteiger partial charge in [0.1, 0.15) is 0 Å². The molecule has 0 aliphatic rings. The van der Waals surface area contributed by atoms with Crippen LogP contribution in [-0.2, 0) is 37.9 Å². The molecule has 5 rings (SSSR count). The van der Waals surface area contributed by atoms with Crippen LogP contribution in [0.15, 0.2) is 60.7 Å². The molecule has 5 aromatic carbocycles. The largest absolute Gasteiger partial charge is 0.441 e. The molecule has 0 aliphatic carbocycles. The molecule has 0 atom stereocenters. The molecule has 0 aliphatic heterocycles. The molecule has 0 fully saturated rings. The SMILES string of the molecule is CC(C)(C)c1cc(C(C)(C)C)c2cc(-c3c(C(C)(C)C)ccc([P+](O)(O)O)c3-c3cc4c(C(C)(C)C)cc(C(C)(C)C)cc4cc3C(C)(C)C)c(C(C)(C)C)cc2c1. The molecule has 3 nitrogen and oxygen atoms in total. The van der Waals surface area contributed by atoms with Crippen molar-refractivity contribution in [3.63, 3.8) is 0 Å². The molecule has 0 unspecified atom stereocenters. The first-order valence-electron chi connectivity index (χ1n) is 21.4. The van der Waals surface area contributed by atoms with Crippen LogP contribution in [0.3, 0.4) is 0 Å². The third kappa shape index (κ3) is 9.00. The number of hydrogen-bond donors (Lipinski definition) is 3. The highest BCUT2D eigenvalue weighted by molar-refractivity contribution is 7.67. The fourth-order valence-corrected chi connectivity index (χ4v) is 9.41. The van der Waals surface area contributed by atoms with Crippen LogP contribution in [-0.4, -0.2) is 14.7 Å². The summed E-state index contributed by atoms with van der Waals surface area (Å²) in [7, 11) is -4.56. The highest BCUT2D eigenvalue weighted by atomic mass is 31.2. The van der Waals surface area contributed by atoms with Crippen LogP contribution in [0.25, 0.3) is 43.8 Å². The van der Waals surface area contributed by atoms with E-state index in [9.17, 15) is 14.7 Å². The Bertz CT molecular complexity index is 2220. The Morgan fingerprint density at radius 2 is 0.655 bits per heavy atom. The highest BCUT2D eigenvalue weighted by Crippen LogP contribution is 2.54. The molecular formula is C54H76O3P+. The van der Waals surface area contributed by atoms with Crippen molar-refractivity contribution in [2.75, 3.05) is 0 Å². The lowest BCUT2D eigenvalue weighted by atomic mass is 9.70. The Hall–Kier alpha value is -3.07. The zero-order chi connectivity index (χ0) is 44.3. The van der Waals surface area contributed by atoms with E-state index in [4.69, 9.17) is 0 Å². The molecular weight excluding hydrogens is 728 g/mol. The predicted octanol–water partition coefficient (Wildman–Crippen LogP) is 14.8. The predicted molar refractivity (Wildman–Crippen MR) is 256 cm³/mol. The fourth-order valence-electron chi connectivity index (χ4n) is 8.60. The van der Waals surface area contributed by atoms with Gasteiger partial charge in [-0.25, -0.2) is 0 Å². The van der Waals surface area contributed by atoms with Gasteiger partial charge < -0.3 is 0 Å². The third-order valence-electron chi connectivity index (χ3n) is 12.0. The van der Waals surface area contributed by atoms with Gasteiger partial charge in [0.2, 0.25) is 0 Å². The maximum Gasteiger partial charge on any atom is 0.441 e. The van der Waals surface area contributed by atoms with Crippen molar-refractivity contribution in [2.45, 2.75) is 183 Å². The molecule has 0 spiro atoms. The molecule has 0 radical (unpaired) electrons. The molecule has 0 saturated carbocycles. The minimum absolute atomic E-state index is 0.0366. The zero-order valence-electron chi connectivity index (χ0n) is 40.1. The van der Waals surface area contributed by atoms with Crippen molar-refractivity contribution in [1.29, 1.82) is 0 Å². The average Bonchev–Trinajstić information content (AvgIpc) is 3.01. The molecule has 0 aromatic heterocycles. The van der Waals surface area contributed by atoms with E-state index in [-0.39, 0.29) is 43.2 Å². The van der Waals surface area contributed by atoms with Crippen LogP contribution in [0, 0.1) is 0 Å². The number of rotatable bonds is 3. The monoisotopic (exact) mass is 804 g/mol. The van der Waals surface area contributed by atoms with E-state index in [1.807, 2.05) is 6.07 Å². The van der Waals surface area contributed by atoms with Crippen LogP contribution < -0.4 is 5.30 Å². The minimum Gasteiger partial charge on any atom is -0.189 e. The smallest absolute Gasteiger partial charge is 0.189 e. The number of fused-ring (bicyclic) bond motifs is 2. The van der Waals surface area contributed by atoms with E-state index in [0.29, 0.717) is 5.56 Å². The van der Waals surface area contributed by atoms with Gasteiger partial charge in [0.15, 0.2) is 5.30 Å². The van der Waals surface area contributed by atoms with Gasteiger partial charge in [0.25, 0.3) is 0 Å². The quantitative estimate of drug-likeness (QED) is 0.159. The van der Waals surface area contributed by atoms with E-state index in [1.54, 1.807) is 6.07 Å². The second kappa shape index (κ2) is 14.3. The zero-order valence-corrected chi connectivity index (χ0v) is 41.0. The van der Waals surface area contributed by atoms with Crippen molar-refractivity contribution in [3.8, 4) is 22.3 Å². The van der Waals surface area contributed by atoms with Gasteiger partial charge in [-0.15, -0.1) is 0 Å². The first-order chi connectivity index (χ1) is 25.8. The summed E-state index contributed by atoms with van der Waals surface area (Å²) in [5.41, 5.74) is 10.7. The Balaban J connectivity index is 2.18. The number of hydrogen-bond acceptors (Lipinski definition) is 3. The van der Waals surface area contributed by atoms with Crippen molar-refractivity contribution in [3.05, 3.63) is 99.6 Å². The first-order valence-corrected chi connectivity index (χ1v) is 23.0. The highest BCUT2D eigenvalue weighted by Gasteiger charge is 2.42. The maximum atomic E-state index is 11.6. The molecule has 314 valence electrons. The summed E-state index contributed by atoms with van der Waals surface area (Å²) in [6.07, 6.45) is 0. The van der Waals surface area contributed by atoms with Crippen molar-refractivity contribution in [2.24, 2.45) is 0 Å². The molecule has 0 bridgehead atoms. The fraction of sp³-hybridized carbons (Fsp3) is 0.519. The lowest BCUT2D eigenvalue weighted by Gasteiger charge is -2.34. The van der Waals surface area contributed by atoms with E-state index in [1.165, 1.54) is 44.0 Å².